The molecule has 1 aromatic rings. The van der Waals surface area contributed by atoms with Crippen molar-refractivity contribution in [3.63, 3.8) is 0 Å². The van der Waals surface area contributed by atoms with E-state index in [0.29, 0.717) is 17.8 Å². The first kappa shape index (κ1) is 18.3. The fraction of sp³-hybridized carbons (Fsp3) is 0.667. The molecule has 0 saturated carbocycles. The number of nitrogens with one attached hydrogen (secondary N) is 1. The molecule has 0 aliphatic rings. The van der Waals surface area contributed by atoms with Crippen LogP contribution in [-0.4, -0.2) is 18.9 Å². The van der Waals surface area contributed by atoms with Crippen LogP contribution in [0.15, 0.2) is 10.3 Å². The first-order valence-electron chi connectivity index (χ1n) is 6.21. The Morgan fingerprint density at radius 3 is 2.24 bits per heavy atom. The zero-order chi connectivity index (χ0) is 16.6. The summed E-state index contributed by atoms with van der Waals surface area (Å²) in [4.78, 5) is 10.1. The van der Waals surface area contributed by atoms with Crippen LogP contribution in [0.1, 0.15) is 41.0 Å². The topological polar surface area (TPSA) is 89.3 Å². The largest absolute Gasteiger partial charge is 0.300 e. The highest BCUT2D eigenvalue weighted by molar-refractivity contribution is 7.91. The minimum absolute atomic E-state index is 0.0644. The van der Waals surface area contributed by atoms with Gasteiger partial charge in [0, 0.05) is 11.6 Å². The predicted molar refractivity (Wildman–Crippen MR) is 84.5 cm³/mol. The summed E-state index contributed by atoms with van der Waals surface area (Å²) in [5.41, 5.74) is -1.14. The first-order valence-corrected chi connectivity index (χ1v) is 8.89. The Bertz CT molecular complexity index is 645. The summed E-state index contributed by atoms with van der Waals surface area (Å²) >= 11 is 6.39. The number of halogens is 1. The van der Waals surface area contributed by atoms with Crippen molar-refractivity contribution in [2.24, 2.45) is 5.41 Å². The van der Waals surface area contributed by atoms with Gasteiger partial charge in [0.15, 0.2) is 4.34 Å². The molecule has 1 N–H and O–H groups in total. The van der Waals surface area contributed by atoms with Gasteiger partial charge in [-0.15, -0.1) is 11.3 Å². The van der Waals surface area contributed by atoms with Gasteiger partial charge in [0.2, 0.25) is 0 Å². The number of nitrogens with zero attached hydrogens (tertiary/aromatic N) is 1. The molecule has 1 heterocycles. The van der Waals surface area contributed by atoms with E-state index in [2.05, 4.69) is 4.72 Å². The van der Waals surface area contributed by atoms with Crippen molar-refractivity contribution < 1.29 is 13.3 Å². The number of nitro groups is 1. The second kappa shape index (κ2) is 5.83. The molecule has 1 rings (SSSR count). The van der Waals surface area contributed by atoms with E-state index in [1.54, 1.807) is 13.8 Å². The van der Waals surface area contributed by atoms with E-state index >= 15 is 0 Å². The molecule has 0 aromatic carbocycles. The average Bonchev–Trinajstić information content (AvgIpc) is 2.54. The molecule has 0 fully saturated rings. The van der Waals surface area contributed by atoms with Gasteiger partial charge < -0.3 is 0 Å². The molecule has 0 unspecified atom stereocenters. The van der Waals surface area contributed by atoms with Crippen molar-refractivity contribution >= 4 is 38.6 Å². The van der Waals surface area contributed by atoms with Gasteiger partial charge in [-0.25, -0.2) is 13.1 Å². The van der Waals surface area contributed by atoms with Gasteiger partial charge in [-0.05, 0) is 25.7 Å². The maximum absolute atomic E-state index is 12.3. The van der Waals surface area contributed by atoms with Crippen LogP contribution in [0, 0.1) is 15.5 Å². The Morgan fingerprint density at radius 2 is 1.86 bits per heavy atom. The summed E-state index contributed by atoms with van der Waals surface area (Å²) in [5, 5.41) is 10.7. The lowest BCUT2D eigenvalue weighted by atomic mass is 9.82. The zero-order valence-corrected chi connectivity index (χ0v) is 14.9. The molecular formula is C12H19ClN2O4S2. The molecule has 0 atom stereocenters. The quantitative estimate of drug-likeness (QED) is 0.643. The Balaban J connectivity index is 3.07. The molecule has 9 heteroatoms. The molecule has 6 nitrogen and oxygen atoms in total. The van der Waals surface area contributed by atoms with Crippen molar-refractivity contribution in [3.8, 4) is 0 Å². The second-order valence-corrected chi connectivity index (χ2v) is 10.3. The minimum Gasteiger partial charge on any atom is -0.258 e. The monoisotopic (exact) mass is 354 g/mol. The van der Waals surface area contributed by atoms with E-state index < -0.39 is 26.2 Å². The number of hydrogen-bond acceptors (Lipinski definition) is 5. The minimum atomic E-state index is -3.85. The third-order valence-corrected chi connectivity index (χ3v) is 6.00. The Hall–Kier alpha value is -0.700. The standard InChI is InChI=1S/C12H19ClN2O4S2/c1-11(2,3)7-12(4,5)14-21(18,19)9-6-8(15(16)17)10(13)20-9/h6,14H,7H2,1-5H3. The normalized spacial score (nSPS) is 13.4. The van der Waals surface area contributed by atoms with Gasteiger partial charge in [0.1, 0.15) is 4.21 Å². The van der Waals surface area contributed by atoms with Gasteiger partial charge in [0.05, 0.1) is 4.92 Å². The number of rotatable bonds is 5. The van der Waals surface area contributed by atoms with Crippen LogP contribution in [0.25, 0.3) is 0 Å². The fourth-order valence-electron chi connectivity index (χ4n) is 2.37. The molecule has 0 radical (unpaired) electrons. The Kier molecular flexibility index (Phi) is 5.09. The summed E-state index contributed by atoms with van der Waals surface area (Å²) < 4.78 is 27.0. The SMILES string of the molecule is CC(C)(C)CC(C)(C)NS(=O)(=O)c1cc([N+](=O)[O-])c(Cl)s1. The maximum atomic E-state index is 12.3. The van der Waals surface area contributed by atoms with E-state index in [1.807, 2.05) is 20.8 Å². The summed E-state index contributed by atoms with van der Waals surface area (Å²) in [5.74, 6) is 0. The third kappa shape index (κ3) is 5.21. The Labute approximate surface area is 133 Å². The maximum Gasteiger partial charge on any atom is 0.300 e. The van der Waals surface area contributed by atoms with Crippen molar-refractivity contribution in [2.45, 2.75) is 50.8 Å². The summed E-state index contributed by atoms with van der Waals surface area (Å²) in [7, 11) is -3.85. The highest BCUT2D eigenvalue weighted by atomic mass is 35.5. The van der Waals surface area contributed by atoms with Gasteiger partial charge in [-0.2, -0.15) is 0 Å². The lowest BCUT2D eigenvalue weighted by molar-refractivity contribution is -0.384. The van der Waals surface area contributed by atoms with Gasteiger partial charge in [-0.3, -0.25) is 10.1 Å². The molecular weight excluding hydrogens is 336 g/mol. The van der Waals surface area contributed by atoms with E-state index in [-0.39, 0.29) is 14.0 Å². The van der Waals surface area contributed by atoms with Gasteiger partial charge >= 0.3 is 0 Å². The number of hydrogen-bond donors (Lipinski definition) is 1. The predicted octanol–water partition coefficient (Wildman–Crippen LogP) is 3.80. The second-order valence-electron chi connectivity index (χ2n) is 6.71. The molecule has 1 aromatic heterocycles. The Morgan fingerprint density at radius 1 is 1.33 bits per heavy atom. The third-order valence-electron chi connectivity index (χ3n) is 2.49. The fourth-order valence-corrected chi connectivity index (χ4v) is 5.45. The van der Waals surface area contributed by atoms with Crippen LogP contribution in [0.3, 0.4) is 0 Å². The summed E-state index contributed by atoms with van der Waals surface area (Å²) in [6.07, 6.45) is 0.612. The van der Waals surface area contributed by atoms with Crippen molar-refractivity contribution in [3.05, 3.63) is 20.5 Å². The van der Waals surface area contributed by atoms with Crippen LogP contribution in [0.4, 0.5) is 5.69 Å². The molecule has 0 bridgehead atoms. The lowest BCUT2D eigenvalue weighted by Crippen LogP contribution is -2.45. The van der Waals surface area contributed by atoms with Gasteiger partial charge in [-0.1, -0.05) is 32.4 Å². The molecule has 0 amide bonds. The molecule has 0 spiro atoms. The van der Waals surface area contributed by atoms with E-state index in [0.717, 1.165) is 6.07 Å². The van der Waals surface area contributed by atoms with Crippen LogP contribution in [-0.2, 0) is 10.0 Å². The molecule has 0 aliphatic carbocycles. The highest BCUT2D eigenvalue weighted by Gasteiger charge is 2.33. The summed E-state index contributed by atoms with van der Waals surface area (Å²) in [6, 6.07) is 0.989. The van der Waals surface area contributed by atoms with Crippen molar-refractivity contribution in [1.29, 1.82) is 0 Å². The number of sulfonamides is 1. The van der Waals surface area contributed by atoms with Crippen LogP contribution in [0.2, 0.25) is 4.34 Å². The molecule has 0 saturated heterocycles. The van der Waals surface area contributed by atoms with E-state index in [1.165, 1.54) is 0 Å². The van der Waals surface area contributed by atoms with Crippen LogP contribution < -0.4 is 4.72 Å². The van der Waals surface area contributed by atoms with Crippen molar-refractivity contribution in [2.75, 3.05) is 0 Å². The molecule has 120 valence electrons. The molecule has 21 heavy (non-hydrogen) atoms. The smallest absolute Gasteiger partial charge is 0.258 e. The van der Waals surface area contributed by atoms with Crippen LogP contribution in [0.5, 0.6) is 0 Å². The lowest BCUT2D eigenvalue weighted by Gasteiger charge is -2.32. The first-order chi connectivity index (χ1) is 9.23. The zero-order valence-electron chi connectivity index (χ0n) is 12.6. The average molecular weight is 355 g/mol. The van der Waals surface area contributed by atoms with Crippen molar-refractivity contribution in [1.82, 2.24) is 4.72 Å². The summed E-state index contributed by atoms with van der Waals surface area (Å²) in [6.45, 7) is 9.58. The van der Waals surface area contributed by atoms with E-state index in [9.17, 15) is 18.5 Å². The highest BCUT2D eigenvalue weighted by Crippen LogP contribution is 2.37. The van der Waals surface area contributed by atoms with E-state index in [4.69, 9.17) is 11.6 Å². The van der Waals surface area contributed by atoms with Gasteiger partial charge in [0.25, 0.3) is 15.7 Å². The number of thiophene rings is 1. The van der Waals surface area contributed by atoms with Crippen LogP contribution >= 0.6 is 22.9 Å². The molecule has 0 aliphatic heterocycles.